The van der Waals surface area contributed by atoms with Crippen LogP contribution in [0.3, 0.4) is 0 Å². The molecule has 0 radical (unpaired) electrons. The number of aromatic nitrogens is 1. The molecule has 1 N–H and O–H groups in total. The van der Waals surface area contributed by atoms with E-state index in [0.717, 1.165) is 16.8 Å². The smallest absolute Gasteiger partial charge is 0.267 e. The normalized spacial score (nSPS) is 11.9. The third-order valence-corrected chi connectivity index (χ3v) is 6.83. The molecule has 0 aliphatic rings. The predicted octanol–water partition coefficient (Wildman–Crippen LogP) is 7.00. The van der Waals surface area contributed by atoms with Crippen molar-refractivity contribution in [1.82, 2.24) is 4.98 Å². The second kappa shape index (κ2) is 10.4. The van der Waals surface area contributed by atoms with E-state index in [1.54, 1.807) is 18.2 Å². The van der Waals surface area contributed by atoms with Gasteiger partial charge in [0.2, 0.25) is 11.2 Å². The number of rotatable bonds is 7. The van der Waals surface area contributed by atoms with Crippen LogP contribution >= 0.6 is 11.3 Å². The zero-order valence-corrected chi connectivity index (χ0v) is 21.6. The van der Waals surface area contributed by atoms with Crippen LogP contribution < -0.4 is 15.5 Å². The number of ether oxygens (including phenoxy) is 1. The van der Waals surface area contributed by atoms with E-state index >= 15 is 0 Å². The van der Waals surface area contributed by atoms with Crippen LogP contribution in [0.1, 0.15) is 24.5 Å². The molecule has 37 heavy (non-hydrogen) atoms. The SMILES string of the molecule is CCC(Oc1c(-c2ccc(C)cc2)oc2ccccc2c1=O)C(=O)Nc1nc(-c2ccc(C)cc2)cs1. The Morgan fingerprint density at radius 2 is 1.62 bits per heavy atom. The summed E-state index contributed by atoms with van der Waals surface area (Å²) in [5.74, 6) is -0.0652. The van der Waals surface area contributed by atoms with Gasteiger partial charge in [-0.25, -0.2) is 4.98 Å². The van der Waals surface area contributed by atoms with Gasteiger partial charge in [0.25, 0.3) is 5.91 Å². The molecule has 1 atom stereocenters. The fourth-order valence-electron chi connectivity index (χ4n) is 3.97. The molecular formula is C30H26N2O4S. The molecule has 7 heteroatoms. The largest absolute Gasteiger partial charge is 0.473 e. The maximum Gasteiger partial charge on any atom is 0.267 e. The Morgan fingerprint density at radius 1 is 0.973 bits per heavy atom. The first-order valence-electron chi connectivity index (χ1n) is 12.1. The summed E-state index contributed by atoms with van der Waals surface area (Å²) >= 11 is 1.34. The van der Waals surface area contributed by atoms with Crippen molar-refractivity contribution < 1.29 is 13.9 Å². The lowest BCUT2D eigenvalue weighted by molar-refractivity contribution is -0.122. The first kappa shape index (κ1) is 24.5. The van der Waals surface area contributed by atoms with Gasteiger partial charge in [0.1, 0.15) is 5.58 Å². The number of hydrogen-bond acceptors (Lipinski definition) is 6. The molecule has 0 aliphatic heterocycles. The van der Waals surface area contributed by atoms with E-state index in [2.05, 4.69) is 10.3 Å². The summed E-state index contributed by atoms with van der Waals surface area (Å²) in [6, 6.07) is 22.7. The number of aryl methyl sites for hydroxylation is 2. The summed E-state index contributed by atoms with van der Waals surface area (Å²) in [7, 11) is 0. The Balaban J connectivity index is 1.45. The highest BCUT2D eigenvalue weighted by Crippen LogP contribution is 2.32. The van der Waals surface area contributed by atoms with Gasteiger partial charge in [0.05, 0.1) is 11.1 Å². The minimum absolute atomic E-state index is 0.0176. The van der Waals surface area contributed by atoms with E-state index in [1.807, 2.05) is 80.7 Å². The molecule has 1 amide bonds. The second-order valence-corrected chi connectivity index (χ2v) is 9.72. The summed E-state index contributed by atoms with van der Waals surface area (Å²) in [5, 5.41) is 5.61. The highest BCUT2D eigenvalue weighted by Gasteiger charge is 2.25. The van der Waals surface area contributed by atoms with E-state index in [1.165, 1.54) is 16.9 Å². The first-order chi connectivity index (χ1) is 17.9. The van der Waals surface area contributed by atoms with Crippen molar-refractivity contribution in [2.24, 2.45) is 0 Å². The second-order valence-electron chi connectivity index (χ2n) is 8.86. The third kappa shape index (κ3) is 5.17. The molecule has 0 saturated heterocycles. The van der Waals surface area contributed by atoms with Gasteiger partial charge in [-0.1, -0.05) is 78.7 Å². The van der Waals surface area contributed by atoms with Crippen molar-refractivity contribution in [2.75, 3.05) is 5.32 Å². The monoisotopic (exact) mass is 510 g/mol. The minimum atomic E-state index is -0.917. The maximum atomic E-state index is 13.5. The average Bonchev–Trinajstić information content (AvgIpc) is 3.37. The molecule has 0 spiro atoms. The summed E-state index contributed by atoms with van der Waals surface area (Å²) in [5.41, 5.74) is 4.83. The van der Waals surface area contributed by atoms with Gasteiger partial charge < -0.3 is 9.15 Å². The molecule has 0 fully saturated rings. The zero-order valence-electron chi connectivity index (χ0n) is 20.8. The molecule has 2 aromatic heterocycles. The van der Waals surface area contributed by atoms with Gasteiger partial charge in [0.15, 0.2) is 17.0 Å². The van der Waals surface area contributed by atoms with E-state index < -0.39 is 6.10 Å². The summed E-state index contributed by atoms with van der Waals surface area (Å²) in [6.45, 7) is 5.85. The molecule has 0 saturated carbocycles. The number of fused-ring (bicyclic) bond motifs is 1. The fraction of sp³-hybridized carbons (Fsp3) is 0.167. The van der Waals surface area contributed by atoms with Crippen LogP contribution in [0.4, 0.5) is 5.13 Å². The lowest BCUT2D eigenvalue weighted by atomic mass is 10.1. The Bertz CT molecular complexity index is 1620. The topological polar surface area (TPSA) is 81.4 Å². The predicted molar refractivity (Wildman–Crippen MR) is 148 cm³/mol. The number of carbonyl (C=O) groups excluding carboxylic acids is 1. The van der Waals surface area contributed by atoms with Crippen LogP contribution in [-0.4, -0.2) is 17.0 Å². The molecule has 3 aromatic carbocycles. The summed E-state index contributed by atoms with van der Waals surface area (Å²) in [6.07, 6.45) is -0.568. The number of nitrogens with zero attached hydrogens (tertiary/aromatic N) is 1. The van der Waals surface area contributed by atoms with Crippen molar-refractivity contribution >= 4 is 33.3 Å². The summed E-state index contributed by atoms with van der Waals surface area (Å²) < 4.78 is 12.3. The number of thiazole rings is 1. The van der Waals surface area contributed by atoms with Gasteiger partial charge in [0, 0.05) is 16.5 Å². The number of carbonyl (C=O) groups is 1. The van der Waals surface area contributed by atoms with Crippen LogP contribution in [-0.2, 0) is 4.79 Å². The summed E-state index contributed by atoms with van der Waals surface area (Å²) in [4.78, 5) is 31.2. The molecule has 0 aliphatic carbocycles. The third-order valence-electron chi connectivity index (χ3n) is 6.07. The van der Waals surface area contributed by atoms with Crippen molar-refractivity contribution in [3.8, 4) is 28.3 Å². The van der Waals surface area contributed by atoms with E-state index in [4.69, 9.17) is 9.15 Å². The number of benzene rings is 3. The Kier molecular flexibility index (Phi) is 6.88. The van der Waals surface area contributed by atoms with Crippen LogP contribution in [0.2, 0.25) is 0 Å². The lowest BCUT2D eigenvalue weighted by Crippen LogP contribution is -2.34. The number of hydrogen-bond donors (Lipinski definition) is 1. The quantitative estimate of drug-likeness (QED) is 0.255. The molecule has 0 bridgehead atoms. The molecule has 6 nitrogen and oxygen atoms in total. The van der Waals surface area contributed by atoms with Crippen LogP contribution in [0, 0.1) is 13.8 Å². The average molecular weight is 511 g/mol. The number of nitrogens with one attached hydrogen (secondary N) is 1. The number of amides is 1. The molecule has 5 aromatic rings. The molecule has 2 heterocycles. The molecular weight excluding hydrogens is 484 g/mol. The zero-order chi connectivity index (χ0) is 25.9. The van der Waals surface area contributed by atoms with Crippen molar-refractivity contribution in [1.29, 1.82) is 0 Å². The highest BCUT2D eigenvalue weighted by atomic mass is 32.1. The highest BCUT2D eigenvalue weighted by molar-refractivity contribution is 7.14. The van der Waals surface area contributed by atoms with Gasteiger partial charge in [-0.15, -0.1) is 11.3 Å². The fourth-order valence-corrected chi connectivity index (χ4v) is 4.69. The van der Waals surface area contributed by atoms with Crippen LogP contribution in [0.5, 0.6) is 5.75 Å². The number of anilines is 1. The van der Waals surface area contributed by atoms with Crippen LogP contribution in [0.15, 0.2) is 87.4 Å². The van der Waals surface area contributed by atoms with Gasteiger partial charge in [-0.3, -0.25) is 14.9 Å². The van der Waals surface area contributed by atoms with E-state index in [9.17, 15) is 9.59 Å². The maximum absolute atomic E-state index is 13.5. The first-order valence-corrected chi connectivity index (χ1v) is 12.9. The Morgan fingerprint density at radius 3 is 2.30 bits per heavy atom. The van der Waals surface area contributed by atoms with Crippen molar-refractivity contribution in [3.63, 3.8) is 0 Å². The number of para-hydroxylation sites is 1. The Hall–Kier alpha value is -4.23. The minimum Gasteiger partial charge on any atom is -0.473 e. The molecule has 186 valence electrons. The van der Waals surface area contributed by atoms with Gasteiger partial charge in [-0.2, -0.15) is 0 Å². The van der Waals surface area contributed by atoms with Gasteiger partial charge >= 0.3 is 0 Å². The van der Waals surface area contributed by atoms with Crippen molar-refractivity contribution in [2.45, 2.75) is 33.3 Å². The standard InChI is InChI=1S/C30H26N2O4S/c1-4-24(29(34)32-30-31-23(17-37-30)20-13-9-18(2)10-14-20)35-28-26(33)22-7-5-6-8-25(22)36-27(28)21-15-11-19(3)12-16-21/h5-17,24H,4H2,1-3H3,(H,31,32,34). The van der Waals surface area contributed by atoms with E-state index in [0.29, 0.717) is 33.8 Å². The van der Waals surface area contributed by atoms with Crippen LogP contribution in [0.25, 0.3) is 33.6 Å². The van der Waals surface area contributed by atoms with Crippen molar-refractivity contribution in [3.05, 3.63) is 99.5 Å². The molecule has 5 rings (SSSR count). The lowest BCUT2D eigenvalue weighted by Gasteiger charge is -2.18. The van der Waals surface area contributed by atoms with E-state index in [-0.39, 0.29) is 17.1 Å². The Labute approximate surface area is 218 Å². The molecule has 1 unspecified atom stereocenters. The van der Waals surface area contributed by atoms with Gasteiger partial charge in [-0.05, 0) is 32.4 Å².